The largest absolute Gasteiger partial charge is 0.573 e. The van der Waals surface area contributed by atoms with Gasteiger partial charge in [0.2, 0.25) is 0 Å². The SMILES string of the molecule is CC1CC1N=C(N)Nc1ccc(OC(F)(F)F)cc1. The molecule has 1 aromatic rings. The van der Waals surface area contributed by atoms with Crippen LogP contribution in [0, 0.1) is 5.92 Å². The van der Waals surface area contributed by atoms with Gasteiger partial charge in [-0.05, 0) is 36.6 Å². The number of halogens is 3. The van der Waals surface area contributed by atoms with Crippen LogP contribution in [-0.4, -0.2) is 18.4 Å². The van der Waals surface area contributed by atoms with Crippen molar-refractivity contribution in [3.05, 3.63) is 24.3 Å². The summed E-state index contributed by atoms with van der Waals surface area (Å²) < 4.78 is 39.6. The molecule has 3 N–H and O–H groups in total. The average Bonchev–Trinajstić information content (AvgIpc) is 2.95. The molecule has 0 radical (unpaired) electrons. The molecule has 19 heavy (non-hydrogen) atoms. The van der Waals surface area contributed by atoms with Crippen molar-refractivity contribution in [2.75, 3.05) is 5.32 Å². The summed E-state index contributed by atoms with van der Waals surface area (Å²) in [6.45, 7) is 2.07. The number of aliphatic imine (C=N–C) groups is 1. The summed E-state index contributed by atoms with van der Waals surface area (Å²) in [7, 11) is 0. The zero-order chi connectivity index (χ0) is 14.0. The Bertz CT molecular complexity index is 470. The number of nitrogens with one attached hydrogen (secondary N) is 1. The minimum absolute atomic E-state index is 0.250. The third-order valence-electron chi connectivity index (χ3n) is 2.73. The number of rotatable bonds is 3. The number of benzene rings is 1. The lowest BCUT2D eigenvalue weighted by Gasteiger charge is -2.10. The smallest absolute Gasteiger partial charge is 0.406 e. The maximum atomic E-state index is 12.0. The fourth-order valence-electron chi connectivity index (χ4n) is 1.58. The van der Waals surface area contributed by atoms with Gasteiger partial charge < -0.3 is 15.8 Å². The molecule has 1 fully saturated rings. The molecule has 7 heteroatoms. The molecule has 1 aliphatic rings. The quantitative estimate of drug-likeness (QED) is 0.657. The van der Waals surface area contributed by atoms with Crippen LogP contribution in [-0.2, 0) is 0 Å². The number of nitrogens with zero attached hydrogens (tertiary/aromatic N) is 1. The van der Waals surface area contributed by atoms with E-state index in [1.165, 1.54) is 24.3 Å². The van der Waals surface area contributed by atoms with Gasteiger partial charge in [-0.3, -0.25) is 0 Å². The number of nitrogens with two attached hydrogens (primary N) is 1. The second kappa shape index (κ2) is 4.99. The highest BCUT2D eigenvalue weighted by molar-refractivity contribution is 5.92. The summed E-state index contributed by atoms with van der Waals surface area (Å²) in [5.41, 5.74) is 6.24. The maximum Gasteiger partial charge on any atom is 0.573 e. The minimum atomic E-state index is -4.68. The molecule has 0 aromatic heterocycles. The molecule has 0 heterocycles. The van der Waals surface area contributed by atoms with E-state index in [0.717, 1.165) is 6.42 Å². The van der Waals surface area contributed by atoms with Gasteiger partial charge in [0, 0.05) is 5.69 Å². The van der Waals surface area contributed by atoms with Crippen LogP contribution in [0.5, 0.6) is 5.75 Å². The topological polar surface area (TPSA) is 59.6 Å². The second-order valence-electron chi connectivity index (χ2n) is 4.49. The molecule has 0 saturated heterocycles. The van der Waals surface area contributed by atoms with Crippen LogP contribution in [0.3, 0.4) is 0 Å². The minimum Gasteiger partial charge on any atom is -0.406 e. The van der Waals surface area contributed by atoms with Gasteiger partial charge in [0.15, 0.2) is 5.96 Å². The number of anilines is 1. The van der Waals surface area contributed by atoms with E-state index in [1.807, 2.05) is 0 Å². The van der Waals surface area contributed by atoms with Crippen molar-refractivity contribution < 1.29 is 17.9 Å². The number of alkyl halides is 3. The van der Waals surface area contributed by atoms with E-state index in [-0.39, 0.29) is 17.8 Å². The lowest BCUT2D eigenvalue weighted by Crippen LogP contribution is -2.23. The highest BCUT2D eigenvalue weighted by Gasteiger charge is 2.32. The molecule has 2 rings (SSSR count). The fourth-order valence-corrected chi connectivity index (χ4v) is 1.58. The van der Waals surface area contributed by atoms with Crippen LogP contribution in [0.4, 0.5) is 18.9 Å². The first kappa shape index (κ1) is 13.5. The van der Waals surface area contributed by atoms with E-state index < -0.39 is 6.36 Å². The number of guanidine groups is 1. The van der Waals surface area contributed by atoms with Crippen LogP contribution < -0.4 is 15.8 Å². The van der Waals surface area contributed by atoms with Gasteiger partial charge in [-0.15, -0.1) is 13.2 Å². The van der Waals surface area contributed by atoms with E-state index in [9.17, 15) is 13.2 Å². The van der Waals surface area contributed by atoms with Crippen molar-refractivity contribution in [1.29, 1.82) is 0 Å². The Labute approximate surface area is 108 Å². The lowest BCUT2D eigenvalue weighted by molar-refractivity contribution is -0.274. The number of hydrogen-bond acceptors (Lipinski definition) is 2. The van der Waals surface area contributed by atoms with E-state index in [4.69, 9.17) is 5.73 Å². The zero-order valence-corrected chi connectivity index (χ0v) is 10.2. The highest BCUT2D eigenvalue weighted by Crippen LogP contribution is 2.32. The molecule has 0 amide bonds. The Morgan fingerprint density at radius 3 is 2.42 bits per heavy atom. The summed E-state index contributed by atoms with van der Waals surface area (Å²) in [6, 6.07) is 5.56. The molecule has 104 valence electrons. The molecule has 2 atom stereocenters. The van der Waals surface area contributed by atoms with Gasteiger partial charge in [-0.25, -0.2) is 4.99 Å². The predicted molar refractivity (Wildman–Crippen MR) is 65.9 cm³/mol. The molecule has 2 unspecified atom stereocenters. The normalized spacial score (nSPS) is 23.1. The molecule has 4 nitrogen and oxygen atoms in total. The standard InChI is InChI=1S/C12H14F3N3O/c1-7-6-10(7)18-11(16)17-8-2-4-9(5-3-8)19-12(13,14)15/h2-5,7,10H,6H2,1H3,(H3,16,17,18). The van der Waals surface area contributed by atoms with Crippen LogP contribution in [0.15, 0.2) is 29.3 Å². The summed E-state index contributed by atoms with van der Waals surface area (Å²) in [5, 5.41) is 2.81. The van der Waals surface area contributed by atoms with Crippen molar-refractivity contribution in [3.8, 4) is 5.75 Å². The number of hydrogen-bond donors (Lipinski definition) is 2. The van der Waals surface area contributed by atoms with Gasteiger partial charge in [0.05, 0.1) is 6.04 Å². The first-order chi connectivity index (χ1) is 8.83. The lowest BCUT2D eigenvalue weighted by atomic mass is 10.3. The van der Waals surface area contributed by atoms with Crippen molar-refractivity contribution in [2.24, 2.45) is 16.6 Å². The van der Waals surface area contributed by atoms with Crippen LogP contribution in [0.25, 0.3) is 0 Å². The fraction of sp³-hybridized carbons (Fsp3) is 0.417. The molecule has 1 aromatic carbocycles. The molecule has 0 bridgehead atoms. The highest BCUT2D eigenvalue weighted by atomic mass is 19.4. The van der Waals surface area contributed by atoms with Crippen molar-refractivity contribution in [2.45, 2.75) is 25.7 Å². The Kier molecular flexibility index (Phi) is 3.55. The Morgan fingerprint density at radius 2 is 1.95 bits per heavy atom. The Hall–Kier alpha value is -1.92. The predicted octanol–water partition coefficient (Wildman–Crippen LogP) is 2.72. The van der Waals surface area contributed by atoms with Gasteiger partial charge >= 0.3 is 6.36 Å². The molecular formula is C12H14F3N3O. The van der Waals surface area contributed by atoms with E-state index in [0.29, 0.717) is 11.6 Å². The number of ether oxygens (including phenoxy) is 1. The van der Waals surface area contributed by atoms with E-state index in [1.54, 1.807) is 0 Å². The zero-order valence-electron chi connectivity index (χ0n) is 10.2. The molecule has 1 aliphatic carbocycles. The van der Waals surface area contributed by atoms with Gasteiger partial charge in [0.25, 0.3) is 0 Å². The first-order valence-electron chi connectivity index (χ1n) is 5.79. The van der Waals surface area contributed by atoms with Crippen LogP contribution in [0.1, 0.15) is 13.3 Å². The summed E-state index contributed by atoms with van der Waals surface area (Å²) >= 11 is 0. The van der Waals surface area contributed by atoms with Gasteiger partial charge in [0.1, 0.15) is 5.75 Å². The van der Waals surface area contributed by atoms with Crippen molar-refractivity contribution in [3.63, 3.8) is 0 Å². The second-order valence-corrected chi connectivity index (χ2v) is 4.49. The first-order valence-corrected chi connectivity index (χ1v) is 5.79. The maximum absolute atomic E-state index is 12.0. The Balaban J connectivity index is 1.93. The third-order valence-corrected chi connectivity index (χ3v) is 2.73. The Morgan fingerprint density at radius 1 is 1.37 bits per heavy atom. The third kappa shape index (κ3) is 4.35. The van der Waals surface area contributed by atoms with Gasteiger partial charge in [-0.2, -0.15) is 0 Å². The molecular weight excluding hydrogens is 259 g/mol. The van der Waals surface area contributed by atoms with E-state index in [2.05, 4.69) is 22.0 Å². The molecule has 0 aliphatic heterocycles. The van der Waals surface area contributed by atoms with Crippen molar-refractivity contribution >= 4 is 11.6 Å². The summed E-state index contributed by atoms with van der Waals surface area (Å²) in [5.74, 6) is 0.533. The van der Waals surface area contributed by atoms with Gasteiger partial charge in [-0.1, -0.05) is 6.92 Å². The van der Waals surface area contributed by atoms with Crippen molar-refractivity contribution in [1.82, 2.24) is 0 Å². The average molecular weight is 273 g/mol. The van der Waals surface area contributed by atoms with Crippen LogP contribution >= 0.6 is 0 Å². The summed E-state index contributed by atoms with van der Waals surface area (Å²) in [6.07, 6.45) is -3.67. The van der Waals surface area contributed by atoms with Crippen LogP contribution in [0.2, 0.25) is 0 Å². The van der Waals surface area contributed by atoms with E-state index >= 15 is 0 Å². The molecule has 0 spiro atoms. The monoisotopic (exact) mass is 273 g/mol. The molecule has 1 saturated carbocycles. The summed E-state index contributed by atoms with van der Waals surface area (Å²) in [4.78, 5) is 4.22.